The minimum absolute atomic E-state index is 0.0467. The molecule has 0 bridgehead atoms. The van der Waals surface area contributed by atoms with Gasteiger partial charge in [-0.3, -0.25) is 9.59 Å². The molecule has 0 aromatic rings. The average Bonchev–Trinajstić information content (AvgIpc) is 2.10. The third-order valence-electron chi connectivity index (χ3n) is 2.60. The molecular formula is C12H19NO2S. The van der Waals surface area contributed by atoms with E-state index >= 15 is 0 Å². The molecule has 2 unspecified atom stereocenters. The van der Waals surface area contributed by atoms with Gasteiger partial charge in [0.2, 0.25) is 0 Å². The Morgan fingerprint density at radius 2 is 2.31 bits per heavy atom. The average molecular weight is 241 g/mol. The van der Waals surface area contributed by atoms with Gasteiger partial charge in [0.1, 0.15) is 17.5 Å². The van der Waals surface area contributed by atoms with Gasteiger partial charge in [-0.15, -0.1) is 18.3 Å². The number of carbonyl (C=O) groups is 2. The maximum atomic E-state index is 11.9. The van der Waals surface area contributed by atoms with Crippen molar-refractivity contribution in [1.29, 1.82) is 0 Å². The molecule has 1 heterocycles. The number of ketones is 2. The van der Waals surface area contributed by atoms with Crippen LogP contribution in [-0.4, -0.2) is 28.2 Å². The van der Waals surface area contributed by atoms with Gasteiger partial charge >= 0.3 is 0 Å². The molecule has 0 aromatic carbocycles. The molecule has 1 aliphatic heterocycles. The molecule has 1 N–H and O–H groups in total. The molecule has 1 saturated heterocycles. The number of rotatable bonds is 4. The fourth-order valence-electron chi connectivity index (χ4n) is 1.95. The van der Waals surface area contributed by atoms with E-state index in [4.69, 9.17) is 0 Å². The standard InChI is InChI=1S/C12H19NO2S/c1-5-6-13-11-10(8(2)14)9(15)7-12(3,4)16-11/h5,10-11,13H,1,6-7H2,2-4H3. The van der Waals surface area contributed by atoms with Crippen molar-refractivity contribution in [3.63, 3.8) is 0 Å². The van der Waals surface area contributed by atoms with Gasteiger partial charge in [0, 0.05) is 17.7 Å². The highest BCUT2D eigenvalue weighted by Crippen LogP contribution is 2.40. The normalized spacial score (nSPS) is 28.8. The van der Waals surface area contributed by atoms with Crippen molar-refractivity contribution in [2.75, 3.05) is 6.54 Å². The molecule has 2 atom stereocenters. The quantitative estimate of drug-likeness (QED) is 0.602. The Hall–Kier alpha value is -0.610. The second kappa shape index (κ2) is 5.15. The number of nitrogens with one attached hydrogen (secondary N) is 1. The monoisotopic (exact) mass is 241 g/mol. The SMILES string of the molecule is C=CCNC1SC(C)(C)CC(=O)C1C(C)=O. The summed E-state index contributed by atoms with van der Waals surface area (Å²) in [6, 6.07) is 0. The van der Waals surface area contributed by atoms with E-state index in [2.05, 4.69) is 11.9 Å². The van der Waals surface area contributed by atoms with Gasteiger partial charge in [-0.25, -0.2) is 0 Å². The van der Waals surface area contributed by atoms with Crippen molar-refractivity contribution in [2.24, 2.45) is 5.92 Å². The molecule has 0 spiro atoms. The van der Waals surface area contributed by atoms with E-state index in [0.29, 0.717) is 13.0 Å². The molecule has 0 aromatic heterocycles. The van der Waals surface area contributed by atoms with Gasteiger partial charge in [-0.1, -0.05) is 19.9 Å². The summed E-state index contributed by atoms with van der Waals surface area (Å²) >= 11 is 1.67. The second-order valence-electron chi connectivity index (χ2n) is 4.73. The summed E-state index contributed by atoms with van der Waals surface area (Å²) in [5, 5.41) is 3.07. The van der Waals surface area contributed by atoms with Gasteiger partial charge in [0.25, 0.3) is 0 Å². The van der Waals surface area contributed by atoms with E-state index in [-0.39, 0.29) is 21.7 Å². The fraction of sp³-hybridized carbons (Fsp3) is 0.667. The number of carbonyl (C=O) groups excluding carboxylic acids is 2. The zero-order valence-electron chi connectivity index (χ0n) is 10.1. The highest BCUT2D eigenvalue weighted by atomic mass is 32.2. The van der Waals surface area contributed by atoms with Crippen molar-refractivity contribution in [3.05, 3.63) is 12.7 Å². The smallest absolute Gasteiger partial charge is 0.147 e. The van der Waals surface area contributed by atoms with E-state index in [1.54, 1.807) is 17.8 Å². The molecule has 1 rings (SSSR count). The molecule has 0 amide bonds. The van der Waals surface area contributed by atoms with Crippen LogP contribution in [0.3, 0.4) is 0 Å². The van der Waals surface area contributed by atoms with Gasteiger partial charge in [0.15, 0.2) is 0 Å². The van der Waals surface area contributed by atoms with E-state index in [1.807, 2.05) is 13.8 Å². The van der Waals surface area contributed by atoms with Crippen LogP contribution >= 0.6 is 11.8 Å². The van der Waals surface area contributed by atoms with Crippen LogP contribution in [0.2, 0.25) is 0 Å². The van der Waals surface area contributed by atoms with Crippen LogP contribution in [0.1, 0.15) is 27.2 Å². The van der Waals surface area contributed by atoms with Crippen molar-refractivity contribution < 1.29 is 9.59 Å². The number of Topliss-reactive ketones (excluding diaryl/α,β-unsaturated/α-hetero) is 2. The van der Waals surface area contributed by atoms with Crippen LogP contribution < -0.4 is 5.32 Å². The van der Waals surface area contributed by atoms with Crippen molar-refractivity contribution in [1.82, 2.24) is 5.32 Å². The van der Waals surface area contributed by atoms with Crippen LogP contribution in [0, 0.1) is 5.92 Å². The number of thioether (sulfide) groups is 1. The Kier molecular flexibility index (Phi) is 4.33. The lowest BCUT2D eigenvalue weighted by Crippen LogP contribution is -2.49. The molecule has 1 fully saturated rings. The molecule has 16 heavy (non-hydrogen) atoms. The lowest BCUT2D eigenvalue weighted by molar-refractivity contribution is -0.132. The predicted octanol–water partition coefficient (Wildman–Crippen LogP) is 1.78. The molecule has 0 radical (unpaired) electrons. The lowest BCUT2D eigenvalue weighted by Gasteiger charge is -2.38. The first-order valence-corrected chi connectivity index (χ1v) is 6.30. The van der Waals surface area contributed by atoms with Crippen LogP contribution in [0.5, 0.6) is 0 Å². The van der Waals surface area contributed by atoms with Gasteiger partial charge < -0.3 is 5.32 Å². The highest BCUT2D eigenvalue weighted by Gasteiger charge is 2.43. The highest BCUT2D eigenvalue weighted by molar-refractivity contribution is 8.01. The first kappa shape index (κ1) is 13.5. The topological polar surface area (TPSA) is 46.2 Å². The minimum Gasteiger partial charge on any atom is -0.301 e. The van der Waals surface area contributed by atoms with E-state index < -0.39 is 5.92 Å². The zero-order chi connectivity index (χ0) is 12.3. The van der Waals surface area contributed by atoms with E-state index in [9.17, 15) is 9.59 Å². The molecule has 4 heteroatoms. The second-order valence-corrected chi connectivity index (χ2v) is 6.58. The molecule has 90 valence electrons. The van der Waals surface area contributed by atoms with Gasteiger partial charge in [-0.2, -0.15) is 0 Å². The summed E-state index contributed by atoms with van der Waals surface area (Å²) in [6.45, 7) is 9.81. The lowest BCUT2D eigenvalue weighted by atomic mass is 9.91. The van der Waals surface area contributed by atoms with Crippen molar-refractivity contribution >= 4 is 23.3 Å². The summed E-state index contributed by atoms with van der Waals surface area (Å²) in [4.78, 5) is 23.4. The van der Waals surface area contributed by atoms with Crippen molar-refractivity contribution in [2.45, 2.75) is 37.3 Å². The van der Waals surface area contributed by atoms with Crippen LogP contribution in [0.15, 0.2) is 12.7 Å². The summed E-state index contributed by atoms with van der Waals surface area (Å²) in [5.41, 5.74) is 0. The fourth-order valence-corrected chi connectivity index (χ4v) is 3.52. The Labute approximate surface area is 101 Å². The largest absolute Gasteiger partial charge is 0.301 e. The molecule has 0 aliphatic carbocycles. The Bertz CT molecular complexity index is 312. The maximum Gasteiger partial charge on any atom is 0.147 e. The molecule has 3 nitrogen and oxygen atoms in total. The first-order chi connectivity index (χ1) is 7.37. The maximum absolute atomic E-state index is 11.9. The zero-order valence-corrected chi connectivity index (χ0v) is 10.9. The van der Waals surface area contributed by atoms with Crippen molar-refractivity contribution in [3.8, 4) is 0 Å². The Balaban J connectivity index is 2.83. The van der Waals surface area contributed by atoms with Crippen LogP contribution in [0.4, 0.5) is 0 Å². The Morgan fingerprint density at radius 1 is 1.69 bits per heavy atom. The van der Waals surface area contributed by atoms with Gasteiger partial charge in [0.05, 0.1) is 5.37 Å². The minimum atomic E-state index is -0.502. The summed E-state index contributed by atoms with van der Waals surface area (Å²) < 4.78 is -0.0954. The first-order valence-electron chi connectivity index (χ1n) is 5.42. The van der Waals surface area contributed by atoms with E-state index in [1.165, 1.54) is 6.92 Å². The summed E-state index contributed by atoms with van der Waals surface area (Å²) in [7, 11) is 0. The molecular weight excluding hydrogens is 222 g/mol. The van der Waals surface area contributed by atoms with Gasteiger partial charge in [-0.05, 0) is 6.92 Å². The Morgan fingerprint density at radius 3 is 2.81 bits per heavy atom. The van der Waals surface area contributed by atoms with Crippen LogP contribution in [-0.2, 0) is 9.59 Å². The third-order valence-corrected chi connectivity index (χ3v) is 4.07. The number of hydrogen-bond acceptors (Lipinski definition) is 4. The predicted molar refractivity (Wildman–Crippen MR) is 67.5 cm³/mol. The van der Waals surface area contributed by atoms with E-state index in [0.717, 1.165) is 0 Å². The summed E-state index contributed by atoms with van der Waals surface area (Å²) in [6.07, 6.45) is 2.21. The third kappa shape index (κ3) is 3.19. The molecule has 0 saturated carbocycles. The summed E-state index contributed by atoms with van der Waals surface area (Å²) in [5.74, 6) is -0.495. The molecule has 1 aliphatic rings. The van der Waals surface area contributed by atoms with Crippen LogP contribution in [0.25, 0.3) is 0 Å². The number of hydrogen-bond donors (Lipinski definition) is 1.